The number of benzene rings is 1. The van der Waals surface area contributed by atoms with Gasteiger partial charge in [-0.15, -0.1) is 5.10 Å². The Morgan fingerprint density at radius 3 is 2.83 bits per heavy atom. The minimum Gasteiger partial charge on any atom is -0.299 e. The second-order valence-corrected chi connectivity index (χ2v) is 5.82. The lowest BCUT2D eigenvalue weighted by molar-refractivity contribution is 0.0977. The topological polar surface area (TPSA) is 84.7 Å². The van der Waals surface area contributed by atoms with Gasteiger partial charge in [0.05, 0.1) is 16.6 Å². The SMILES string of the molecule is CCCCn1nnc(NC(=S)NC(=O)c2ccc(Cl)c(Cl)c2)n1. The van der Waals surface area contributed by atoms with E-state index in [1.54, 1.807) is 6.07 Å². The van der Waals surface area contributed by atoms with Crippen molar-refractivity contribution in [3.8, 4) is 0 Å². The highest BCUT2D eigenvalue weighted by Crippen LogP contribution is 2.22. The van der Waals surface area contributed by atoms with Crippen molar-refractivity contribution in [3.05, 3.63) is 33.8 Å². The summed E-state index contributed by atoms with van der Waals surface area (Å²) < 4.78 is 0. The number of carbonyl (C=O) groups is 1. The largest absolute Gasteiger partial charge is 0.299 e. The number of amides is 1. The minimum absolute atomic E-state index is 0.0658. The van der Waals surface area contributed by atoms with E-state index in [4.69, 9.17) is 35.4 Å². The zero-order valence-electron chi connectivity index (χ0n) is 12.2. The first-order valence-electron chi connectivity index (χ1n) is 6.84. The molecule has 0 bridgehead atoms. The van der Waals surface area contributed by atoms with Gasteiger partial charge in [-0.2, -0.15) is 4.80 Å². The molecule has 1 aromatic heterocycles. The maximum atomic E-state index is 12.1. The molecule has 1 amide bonds. The van der Waals surface area contributed by atoms with Gasteiger partial charge in [0.15, 0.2) is 5.11 Å². The molecule has 0 spiro atoms. The van der Waals surface area contributed by atoms with Gasteiger partial charge in [-0.05, 0) is 42.1 Å². The third-order valence-corrected chi connectivity index (χ3v) is 3.74. The van der Waals surface area contributed by atoms with Gasteiger partial charge >= 0.3 is 0 Å². The number of carbonyl (C=O) groups excluding carboxylic acids is 1. The van der Waals surface area contributed by atoms with Gasteiger partial charge in [0.2, 0.25) is 0 Å². The predicted molar refractivity (Wildman–Crippen MR) is 92.9 cm³/mol. The van der Waals surface area contributed by atoms with E-state index in [0.717, 1.165) is 12.8 Å². The normalized spacial score (nSPS) is 10.4. The van der Waals surface area contributed by atoms with Crippen molar-refractivity contribution in [3.63, 3.8) is 0 Å². The summed E-state index contributed by atoms with van der Waals surface area (Å²) in [5.41, 5.74) is 0.336. The van der Waals surface area contributed by atoms with E-state index in [0.29, 0.717) is 22.2 Å². The van der Waals surface area contributed by atoms with Crippen molar-refractivity contribution >= 4 is 52.4 Å². The molecule has 0 atom stereocenters. The van der Waals surface area contributed by atoms with Gasteiger partial charge in [0, 0.05) is 5.56 Å². The van der Waals surface area contributed by atoms with Crippen molar-refractivity contribution in [2.75, 3.05) is 5.32 Å². The Labute approximate surface area is 148 Å². The second kappa shape index (κ2) is 8.19. The Balaban J connectivity index is 1.92. The van der Waals surface area contributed by atoms with Crippen LogP contribution in [0.2, 0.25) is 10.0 Å². The summed E-state index contributed by atoms with van der Waals surface area (Å²) in [6.45, 7) is 2.75. The van der Waals surface area contributed by atoms with Crippen LogP contribution < -0.4 is 10.6 Å². The number of thiocarbonyl (C=S) groups is 1. The van der Waals surface area contributed by atoms with Crippen LogP contribution in [-0.4, -0.2) is 31.2 Å². The zero-order valence-corrected chi connectivity index (χ0v) is 14.5. The Bertz CT molecular complexity index is 720. The number of aryl methyl sites for hydroxylation is 1. The first kappa shape index (κ1) is 17.6. The molecule has 10 heteroatoms. The van der Waals surface area contributed by atoms with Crippen molar-refractivity contribution in [2.45, 2.75) is 26.3 Å². The van der Waals surface area contributed by atoms with E-state index in [1.807, 2.05) is 0 Å². The molecule has 7 nitrogen and oxygen atoms in total. The van der Waals surface area contributed by atoms with E-state index in [2.05, 4.69) is 33.0 Å². The summed E-state index contributed by atoms with van der Waals surface area (Å²) in [4.78, 5) is 13.5. The molecular formula is C13H14Cl2N6OS. The number of nitrogens with zero attached hydrogens (tertiary/aromatic N) is 4. The molecule has 2 N–H and O–H groups in total. The van der Waals surface area contributed by atoms with Crippen LogP contribution in [0.15, 0.2) is 18.2 Å². The number of aromatic nitrogens is 4. The van der Waals surface area contributed by atoms with Gasteiger partial charge < -0.3 is 0 Å². The average molecular weight is 373 g/mol. The van der Waals surface area contributed by atoms with Gasteiger partial charge in [-0.25, -0.2) is 0 Å². The number of hydrogen-bond donors (Lipinski definition) is 2. The van der Waals surface area contributed by atoms with Crippen LogP contribution in [0, 0.1) is 0 Å². The van der Waals surface area contributed by atoms with Crippen molar-refractivity contribution in [1.29, 1.82) is 0 Å². The number of hydrogen-bond acceptors (Lipinski definition) is 5. The Hall–Kier alpha value is -1.77. The molecule has 2 aromatic rings. The summed E-state index contributed by atoms with van der Waals surface area (Å²) in [6, 6.07) is 4.54. The molecule has 0 saturated heterocycles. The van der Waals surface area contributed by atoms with Crippen molar-refractivity contribution in [2.24, 2.45) is 0 Å². The van der Waals surface area contributed by atoms with Gasteiger partial charge in [-0.3, -0.25) is 15.4 Å². The fraction of sp³-hybridized carbons (Fsp3) is 0.308. The summed E-state index contributed by atoms with van der Waals surface area (Å²) in [5, 5.41) is 17.7. The number of tetrazole rings is 1. The van der Waals surface area contributed by atoms with E-state index in [1.165, 1.54) is 16.9 Å². The monoisotopic (exact) mass is 372 g/mol. The molecule has 0 aliphatic rings. The summed E-state index contributed by atoms with van der Waals surface area (Å²) >= 11 is 16.7. The van der Waals surface area contributed by atoms with Crippen LogP contribution in [-0.2, 0) is 6.54 Å². The average Bonchev–Trinajstić information content (AvgIpc) is 2.95. The number of rotatable bonds is 5. The number of nitrogens with one attached hydrogen (secondary N) is 2. The van der Waals surface area contributed by atoms with E-state index < -0.39 is 5.91 Å². The highest BCUT2D eigenvalue weighted by atomic mass is 35.5. The fourth-order valence-corrected chi connectivity index (χ4v) is 2.12. The van der Waals surface area contributed by atoms with E-state index in [9.17, 15) is 4.79 Å². The standard InChI is InChI=1S/C13H14Cl2N6OS/c1-2-3-6-21-19-12(18-20-21)17-13(23)16-11(22)8-4-5-9(14)10(15)7-8/h4-5,7H,2-3,6H2,1H3,(H2,16,17,19,22,23). The van der Waals surface area contributed by atoms with Crippen LogP contribution in [0.3, 0.4) is 0 Å². The maximum absolute atomic E-state index is 12.1. The third-order valence-electron chi connectivity index (χ3n) is 2.80. The summed E-state index contributed by atoms with van der Waals surface area (Å²) in [7, 11) is 0. The lowest BCUT2D eigenvalue weighted by Crippen LogP contribution is -2.34. The molecule has 0 fully saturated rings. The molecule has 0 unspecified atom stereocenters. The van der Waals surface area contributed by atoms with Crippen LogP contribution in [0.1, 0.15) is 30.1 Å². The Morgan fingerprint density at radius 1 is 1.35 bits per heavy atom. The van der Waals surface area contributed by atoms with E-state index in [-0.39, 0.29) is 11.1 Å². The molecule has 1 heterocycles. The van der Waals surface area contributed by atoms with Gasteiger partial charge in [-0.1, -0.05) is 41.6 Å². The van der Waals surface area contributed by atoms with Gasteiger partial charge in [0.1, 0.15) is 0 Å². The molecule has 0 aliphatic carbocycles. The predicted octanol–water partition coefficient (Wildman–Crippen LogP) is 2.91. The maximum Gasteiger partial charge on any atom is 0.269 e. The molecule has 2 rings (SSSR count). The number of halogens is 2. The molecule has 1 aromatic carbocycles. The van der Waals surface area contributed by atoms with E-state index >= 15 is 0 Å². The number of unbranched alkanes of at least 4 members (excludes halogenated alkanes) is 1. The summed E-state index contributed by atoms with van der Waals surface area (Å²) in [5.74, 6) is -0.194. The highest BCUT2D eigenvalue weighted by molar-refractivity contribution is 7.80. The fourth-order valence-electron chi connectivity index (χ4n) is 1.63. The second-order valence-electron chi connectivity index (χ2n) is 4.60. The quantitative estimate of drug-likeness (QED) is 0.784. The van der Waals surface area contributed by atoms with Crippen molar-refractivity contribution < 1.29 is 4.79 Å². The minimum atomic E-state index is -0.417. The zero-order chi connectivity index (χ0) is 16.8. The number of anilines is 1. The molecule has 0 aliphatic heterocycles. The van der Waals surface area contributed by atoms with Crippen LogP contribution in [0.4, 0.5) is 5.95 Å². The first-order chi connectivity index (χ1) is 11.0. The highest BCUT2D eigenvalue weighted by Gasteiger charge is 2.11. The lowest BCUT2D eigenvalue weighted by atomic mass is 10.2. The molecule has 23 heavy (non-hydrogen) atoms. The van der Waals surface area contributed by atoms with Crippen LogP contribution in [0.5, 0.6) is 0 Å². The van der Waals surface area contributed by atoms with Crippen LogP contribution in [0.25, 0.3) is 0 Å². The molecular weight excluding hydrogens is 359 g/mol. The lowest BCUT2D eigenvalue weighted by Gasteiger charge is -2.07. The Morgan fingerprint density at radius 2 is 2.13 bits per heavy atom. The van der Waals surface area contributed by atoms with Crippen molar-refractivity contribution in [1.82, 2.24) is 25.5 Å². The van der Waals surface area contributed by atoms with Gasteiger partial charge in [0.25, 0.3) is 11.9 Å². The Kier molecular flexibility index (Phi) is 6.26. The first-order valence-corrected chi connectivity index (χ1v) is 8.01. The van der Waals surface area contributed by atoms with Crippen LogP contribution >= 0.6 is 35.4 Å². The molecule has 122 valence electrons. The molecule has 0 saturated carbocycles. The molecule has 0 radical (unpaired) electrons. The third kappa shape index (κ3) is 5.12. The smallest absolute Gasteiger partial charge is 0.269 e. The summed E-state index contributed by atoms with van der Waals surface area (Å²) in [6.07, 6.45) is 1.98.